The largest absolute Gasteiger partial charge is 0.444 e. The minimum atomic E-state index is -3.80. The van der Waals surface area contributed by atoms with Gasteiger partial charge >= 0.3 is 6.09 Å². The van der Waals surface area contributed by atoms with Crippen LogP contribution < -0.4 is 10.6 Å². The van der Waals surface area contributed by atoms with Crippen molar-refractivity contribution in [2.45, 2.75) is 69.2 Å². The number of aromatic nitrogens is 1. The van der Waals surface area contributed by atoms with Gasteiger partial charge in [0.1, 0.15) is 16.8 Å². The molecule has 1 aliphatic rings. The first-order chi connectivity index (χ1) is 17.2. The highest BCUT2D eigenvalue weighted by Crippen LogP contribution is 2.31. The van der Waals surface area contributed by atoms with Crippen molar-refractivity contribution in [2.24, 2.45) is 0 Å². The molecule has 2 amide bonds. The van der Waals surface area contributed by atoms with Gasteiger partial charge < -0.3 is 10.1 Å². The number of sulfonamides is 1. The Morgan fingerprint density at radius 1 is 1.08 bits per heavy atom. The Kier molecular flexibility index (Phi) is 8.92. The third-order valence-electron chi connectivity index (χ3n) is 5.57. The standard InChI is InChI=1S/C26H36N4O5S2/c1-25(2,3)19-8-10-20(11-9-19)37(33,34)30-15-16-36-23(30)22(31)27-14-13-18-7-12-21(28-17-18)29-24(32)35-26(4,5)6/h7-12,17,23H,13-16H2,1-6H3,(H,27,31)(H,28,29,32). The van der Waals surface area contributed by atoms with Crippen LogP contribution in [0.1, 0.15) is 52.7 Å². The molecular formula is C26H36N4O5S2. The molecule has 1 aromatic heterocycles. The van der Waals surface area contributed by atoms with Gasteiger partial charge in [-0.3, -0.25) is 10.1 Å². The quantitative estimate of drug-likeness (QED) is 0.534. The van der Waals surface area contributed by atoms with Crippen LogP contribution in [0.3, 0.4) is 0 Å². The average molecular weight is 549 g/mol. The van der Waals surface area contributed by atoms with Crippen LogP contribution in [-0.4, -0.2) is 59.5 Å². The lowest BCUT2D eigenvalue weighted by Crippen LogP contribution is -2.45. The third kappa shape index (κ3) is 7.93. The van der Waals surface area contributed by atoms with Gasteiger partial charge in [0.25, 0.3) is 0 Å². The minimum absolute atomic E-state index is 0.0847. The molecule has 0 radical (unpaired) electrons. The van der Waals surface area contributed by atoms with Crippen LogP contribution in [0.4, 0.5) is 10.6 Å². The van der Waals surface area contributed by atoms with Gasteiger partial charge in [-0.15, -0.1) is 11.8 Å². The molecule has 1 aromatic carbocycles. The second-order valence-electron chi connectivity index (χ2n) is 10.8. The Hall–Kier alpha value is -2.63. The number of hydrogen-bond donors (Lipinski definition) is 2. The fraction of sp³-hybridized carbons (Fsp3) is 0.500. The maximum Gasteiger partial charge on any atom is 0.413 e. The number of pyridine rings is 1. The molecule has 0 bridgehead atoms. The monoisotopic (exact) mass is 548 g/mol. The van der Waals surface area contributed by atoms with Gasteiger partial charge in [0.2, 0.25) is 15.9 Å². The molecule has 1 atom stereocenters. The summed E-state index contributed by atoms with van der Waals surface area (Å²) in [5, 5.41) is 4.60. The lowest BCUT2D eigenvalue weighted by Gasteiger charge is -2.23. The SMILES string of the molecule is CC(C)(C)OC(=O)Nc1ccc(CCNC(=O)C2SCCN2S(=O)(=O)c2ccc(C(C)(C)C)cc2)cn1. The van der Waals surface area contributed by atoms with Crippen LogP contribution in [-0.2, 0) is 31.4 Å². The number of amides is 2. The van der Waals surface area contributed by atoms with Crippen LogP contribution in [0.15, 0.2) is 47.5 Å². The number of nitrogens with one attached hydrogen (secondary N) is 2. The van der Waals surface area contributed by atoms with E-state index in [1.807, 2.05) is 12.1 Å². The first kappa shape index (κ1) is 28.9. The fourth-order valence-corrected chi connectivity index (χ4v) is 6.74. The molecule has 0 aliphatic carbocycles. The van der Waals surface area contributed by atoms with E-state index >= 15 is 0 Å². The van der Waals surface area contributed by atoms with Gasteiger partial charge in [0.05, 0.1) is 4.90 Å². The number of thioether (sulfide) groups is 1. The molecule has 2 heterocycles. The molecule has 1 fully saturated rings. The Morgan fingerprint density at radius 2 is 1.76 bits per heavy atom. The van der Waals surface area contributed by atoms with Crippen molar-refractivity contribution < 1.29 is 22.7 Å². The van der Waals surface area contributed by atoms with E-state index in [4.69, 9.17) is 4.74 Å². The van der Waals surface area contributed by atoms with E-state index in [2.05, 4.69) is 36.4 Å². The lowest BCUT2D eigenvalue weighted by atomic mass is 9.87. The van der Waals surface area contributed by atoms with Gasteiger partial charge in [0, 0.05) is 25.0 Å². The highest BCUT2D eigenvalue weighted by atomic mass is 32.2. The summed E-state index contributed by atoms with van der Waals surface area (Å²) in [5.74, 6) is 0.572. The predicted molar refractivity (Wildman–Crippen MR) is 146 cm³/mol. The van der Waals surface area contributed by atoms with Gasteiger partial charge in [-0.05, 0) is 61.9 Å². The zero-order chi connectivity index (χ0) is 27.4. The first-order valence-electron chi connectivity index (χ1n) is 12.1. The Bertz CT molecular complexity index is 1200. The maximum atomic E-state index is 13.3. The van der Waals surface area contributed by atoms with Crippen LogP contribution in [0.25, 0.3) is 0 Å². The molecule has 9 nitrogen and oxygen atoms in total. The summed E-state index contributed by atoms with van der Waals surface area (Å²) in [4.78, 5) is 29.1. The van der Waals surface area contributed by atoms with Gasteiger partial charge in [-0.2, -0.15) is 4.31 Å². The van der Waals surface area contributed by atoms with Crippen molar-refractivity contribution in [3.05, 3.63) is 53.7 Å². The minimum Gasteiger partial charge on any atom is -0.444 e. The molecule has 37 heavy (non-hydrogen) atoms. The molecule has 1 aliphatic heterocycles. The number of benzene rings is 1. The van der Waals surface area contributed by atoms with Crippen molar-refractivity contribution in [3.63, 3.8) is 0 Å². The molecule has 1 unspecified atom stereocenters. The smallest absolute Gasteiger partial charge is 0.413 e. The van der Waals surface area contributed by atoms with E-state index in [-0.39, 0.29) is 22.8 Å². The van der Waals surface area contributed by atoms with Crippen LogP contribution in [0.5, 0.6) is 0 Å². The Morgan fingerprint density at radius 3 is 2.32 bits per heavy atom. The number of rotatable bonds is 7. The van der Waals surface area contributed by atoms with Crippen molar-refractivity contribution in [2.75, 3.05) is 24.2 Å². The molecule has 3 rings (SSSR count). The lowest BCUT2D eigenvalue weighted by molar-refractivity contribution is -0.122. The Balaban J connectivity index is 1.55. The highest BCUT2D eigenvalue weighted by Gasteiger charge is 2.40. The number of carbonyl (C=O) groups excluding carboxylic acids is 2. The van der Waals surface area contributed by atoms with Gasteiger partial charge in [-0.1, -0.05) is 39.0 Å². The fourth-order valence-electron chi connectivity index (χ4n) is 3.64. The van der Waals surface area contributed by atoms with E-state index in [0.717, 1.165) is 11.1 Å². The van der Waals surface area contributed by atoms with Gasteiger partial charge in [0.15, 0.2) is 0 Å². The number of carbonyl (C=O) groups is 2. The van der Waals surface area contributed by atoms with Crippen LogP contribution >= 0.6 is 11.8 Å². The summed E-state index contributed by atoms with van der Waals surface area (Å²) in [7, 11) is -3.80. The topological polar surface area (TPSA) is 118 Å². The third-order valence-corrected chi connectivity index (χ3v) is 8.78. The van der Waals surface area contributed by atoms with E-state index in [1.165, 1.54) is 16.1 Å². The predicted octanol–water partition coefficient (Wildman–Crippen LogP) is 4.15. The summed E-state index contributed by atoms with van der Waals surface area (Å²) in [6.45, 7) is 12.1. The normalized spacial score (nSPS) is 16.9. The highest BCUT2D eigenvalue weighted by molar-refractivity contribution is 8.02. The van der Waals surface area contributed by atoms with Crippen LogP contribution in [0.2, 0.25) is 0 Å². The number of ether oxygens (including phenoxy) is 1. The molecule has 0 spiro atoms. The molecule has 1 saturated heterocycles. The molecule has 202 valence electrons. The van der Waals surface area contributed by atoms with E-state index < -0.39 is 27.1 Å². The maximum absolute atomic E-state index is 13.3. The number of nitrogens with zero attached hydrogens (tertiary/aromatic N) is 2. The average Bonchev–Trinajstić information content (AvgIpc) is 3.29. The van der Waals surface area contributed by atoms with E-state index in [9.17, 15) is 18.0 Å². The van der Waals surface area contributed by atoms with E-state index in [1.54, 1.807) is 51.2 Å². The zero-order valence-electron chi connectivity index (χ0n) is 22.2. The molecule has 2 N–H and O–H groups in total. The Labute approximate surface area is 223 Å². The van der Waals surface area contributed by atoms with Crippen molar-refractivity contribution >= 4 is 39.6 Å². The van der Waals surface area contributed by atoms with Crippen molar-refractivity contribution in [1.29, 1.82) is 0 Å². The number of anilines is 1. The van der Waals surface area contributed by atoms with Gasteiger partial charge in [-0.25, -0.2) is 18.2 Å². The van der Waals surface area contributed by atoms with Crippen molar-refractivity contribution in [3.8, 4) is 0 Å². The first-order valence-corrected chi connectivity index (χ1v) is 14.6. The second kappa shape index (κ2) is 11.4. The van der Waals surface area contributed by atoms with Crippen LogP contribution in [0, 0.1) is 0 Å². The summed E-state index contributed by atoms with van der Waals surface area (Å²) < 4.78 is 33.0. The number of hydrogen-bond acceptors (Lipinski definition) is 7. The summed E-state index contributed by atoms with van der Waals surface area (Å²) in [6, 6.07) is 10.3. The molecule has 11 heteroatoms. The second-order valence-corrected chi connectivity index (χ2v) is 13.9. The van der Waals surface area contributed by atoms with Crippen molar-refractivity contribution in [1.82, 2.24) is 14.6 Å². The summed E-state index contributed by atoms with van der Waals surface area (Å²) in [5.41, 5.74) is 1.21. The molecular weight excluding hydrogens is 512 g/mol. The molecule has 0 saturated carbocycles. The molecule has 2 aromatic rings. The van der Waals surface area contributed by atoms with E-state index in [0.29, 0.717) is 24.5 Å². The zero-order valence-corrected chi connectivity index (χ0v) is 23.8. The summed E-state index contributed by atoms with van der Waals surface area (Å²) >= 11 is 1.32. The summed E-state index contributed by atoms with van der Waals surface area (Å²) in [6.07, 6.45) is 1.53.